The van der Waals surface area contributed by atoms with Crippen LogP contribution in [-0.2, 0) is 11.2 Å². The number of hydrogen-bond acceptors (Lipinski definition) is 8. The number of hydrogen-bond donors (Lipinski definition) is 2. The number of anilines is 2. The molecule has 0 radical (unpaired) electrons. The Balaban J connectivity index is 1.21. The standard InChI is InChI=1S/C28H31N7O4/c1-4-33(5-2)18-6-7-19-17(3)20(25(36)39-22(19)14-18)9-12-35-26(37)28(32-27(35)38)10-13-34(15-28)24-23-21(8-11-29-24)30-16-31-23/h6-8,11,14,16H,4-5,9-10,12-13,15H2,1-3H3,(H,30,31)(H,32,38). The van der Waals surface area contributed by atoms with Gasteiger partial charge in [-0.1, -0.05) is 0 Å². The molecule has 39 heavy (non-hydrogen) atoms. The maximum atomic E-state index is 13.6. The molecular weight excluding hydrogens is 498 g/mol. The van der Waals surface area contributed by atoms with Gasteiger partial charge in [-0.15, -0.1) is 0 Å². The van der Waals surface area contributed by atoms with Crippen LogP contribution in [0.4, 0.5) is 16.3 Å². The van der Waals surface area contributed by atoms with Crippen molar-refractivity contribution in [1.82, 2.24) is 25.2 Å². The molecule has 1 spiro atoms. The highest BCUT2D eigenvalue weighted by Gasteiger charge is 2.55. The molecule has 3 amide bonds. The van der Waals surface area contributed by atoms with Crippen LogP contribution in [0.15, 0.2) is 46.0 Å². The Kier molecular flexibility index (Phi) is 6.00. The van der Waals surface area contributed by atoms with Gasteiger partial charge >= 0.3 is 11.7 Å². The summed E-state index contributed by atoms with van der Waals surface area (Å²) < 4.78 is 5.70. The third kappa shape index (κ3) is 4.00. The van der Waals surface area contributed by atoms with Gasteiger partial charge in [-0.05, 0) is 57.4 Å². The first-order chi connectivity index (χ1) is 18.8. The van der Waals surface area contributed by atoms with Crippen LogP contribution in [0.5, 0.6) is 0 Å². The first-order valence-corrected chi connectivity index (χ1v) is 13.3. The van der Waals surface area contributed by atoms with E-state index in [9.17, 15) is 14.4 Å². The van der Waals surface area contributed by atoms with Gasteiger partial charge in [-0.2, -0.15) is 0 Å². The first-order valence-electron chi connectivity index (χ1n) is 13.3. The second-order valence-electron chi connectivity index (χ2n) is 10.2. The van der Waals surface area contributed by atoms with Crippen molar-refractivity contribution in [2.45, 2.75) is 39.2 Å². The van der Waals surface area contributed by atoms with Gasteiger partial charge in [0.1, 0.15) is 16.6 Å². The molecule has 0 bridgehead atoms. The summed E-state index contributed by atoms with van der Waals surface area (Å²) >= 11 is 0. The Labute approximate surface area is 224 Å². The molecule has 2 N–H and O–H groups in total. The van der Waals surface area contributed by atoms with Gasteiger partial charge in [0.2, 0.25) is 0 Å². The Morgan fingerprint density at radius 2 is 1.95 bits per heavy atom. The number of benzene rings is 1. The number of carbonyl (C=O) groups is 2. The number of imidazole rings is 1. The number of aromatic nitrogens is 3. The van der Waals surface area contributed by atoms with E-state index in [0.717, 1.165) is 40.8 Å². The van der Waals surface area contributed by atoms with Gasteiger partial charge in [0.25, 0.3) is 5.91 Å². The van der Waals surface area contributed by atoms with Crippen LogP contribution in [0.25, 0.3) is 22.0 Å². The average Bonchev–Trinajstić information content (AvgIpc) is 3.63. The smallest absolute Gasteiger partial charge is 0.339 e. The highest BCUT2D eigenvalue weighted by molar-refractivity contribution is 6.08. The number of aromatic amines is 1. The van der Waals surface area contributed by atoms with Crippen molar-refractivity contribution in [3.8, 4) is 0 Å². The molecular formula is C28H31N7O4. The molecule has 1 atom stereocenters. The lowest BCUT2D eigenvalue weighted by Crippen LogP contribution is -2.49. The van der Waals surface area contributed by atoms with E-state index in [1.807, 2.05) is 36.1 Å². The van der Waals surface area contributed by atoms with E-state index in [2.05, 4.69) is 39.0 Å². The molecule has 11 heteroatoms. The minimum absolute atomic E-state index is 0.0915. The second-order valence-corrected chi connectivity index (χ2v) is 10.2. The lowest BCUT2D eigenvalue weighted by Gasteiger charge is -2.23. The molecule has 1 aromatic carbocycles. The van der Waals surface area contributed by atoms with Gasteiger partial charge in [0.15, 0.2) is 5.82 Å². The number of imide groups is 1. The average molecular weight is 530 g/mol. The summed E-state index contributed by atoms with van der Waals surface area (Å²) in [7, 11) is 0. The molecule has 1 unspecified atom stereocenters. The van der Waals surface area contributed by atoms with E-state index in [4.69, 9.17) is 4.42 Å². The highest BCUT2D eigenvalue weighted by atomic mass is 16.4. The summed E-state index contributed by atoms with van der Waals surface area (Å²) in [6.45, 7) is 8.70. The van der Waals surface area contributed by atoms with Crippen LogP contribution >= 0.6 is 0 Å². The lowest BCUT2D eigenvalue weighted by molar-refractivity contribution is -0.130. The minimum atomic E-state index is -1.03. The maximum Gasteiger partial charge on any atom is 0.339 e. The Hall–Kier alpha value is -4.41. The molecule has 4 aromatic rings. The summed E-state index contributed by atoms with van der Waals surface area (Å²) in [4.78, 5) is 56.8. The Bertz CT molecular complexity index is 1660. The van der Waals surface area contributed by atoms with Crippen LogP contribution in [0.1, 0.15) is 31.4 Å². The van der Waals surface area contributed by atoms with Crippen LogP contribution in [0.2, 0.25) is 0 Å². The quantitative estimate of drug-likeness (QED) is 0.276. The van der Waals surface area contributed by atoms with Crippen molar-refractivity contribution in [2.75, 3.05) is 42.5 Å². The normalized spacial score (nSPS) is 19.2. The summed E-state index contributed by atoms with van der Waals surface area (Å²) in [5, 5.41) is 3.78. The van der Waals surface area contributed by atoms with Crippen molar-refractivity contribution in [1.29, 1.82) is 0 Å². The minimum Gasteiger partial charge on any atom is -0.422 e. The molecule has 5 heterocycles. The fraction of sp³-hybridized carbons (Fsp3) is 0.393. The number of nitrogens with one attached hydrogen (secondary N) is 2. The number of H-pyrrole nitrogens is 1. The molecule has 0 saturated carbocycles. The topological polar surface area (TPSA) is 128 Å². The molecule has 11 nitrogen and oxygen atoms in total. The van der Waals surface area contributed by atoms with Gasteiger partial charge < -0.3 is 24.5 Å². The zero-order valence-electron chi connectivity index (χ0n) is 22.3. The van der Waals surface area contributed by atoms with Crippen LogP contribution in [-0.4, -0.2) is 70.1 Å². The van der Waals surface area contributed by atoms with Crippen molar-refractivity contribution < 1.29 is 14.0 Å². The monoisotopic (exact) mass is 529 g/mol. The van der Waals surface area contributed by atoms with Crippen molar-refractivity contribution in [2.24, 2.45) is 0 Å². The number of urea groups is 1. The summed E-state index contributed by atoms with van der Waals surface area (Å²) in [5.74, 6) is 0.399. The number of aryl methyl sites for hydroxylation is 1. The molecule has 3 aromatic heterocycles. The number of fused-ring (bicyclic) bond motifs is 2. The van der Waals surface area contributed by atoms with Gasteiger partial charge in [0.05, 0.1) is 18.4 Å². The third-order valence-electron chi connectivity index (χ3n) is 8.12. The zero-order valence-corrected chi connectivity index (χ0v) is 22.3. The van der Waals surface area contributed by atoms with Crippen LogP contribution in [0, 0.1) is 6.92 Å². The van der Waals surface area contributed by atoms with E-state index in [0.29, 0.717) is 36.5 Å². The number of nitrogens with zero attached hydrogens (tertiary/aromatic N) is 5. The zero-order chi connectivity index (χ0) is 27.3. The largest absolute Gasteiger partial charge is 0.422 e. The Morgan fingerprint density at radius 3 is 2.74 bits per heavy atom. The number of rotatable bonds is 7. The lowest BCUT2D eigenvalue weighted by atomic mass is 9.98. The SMILES string of the molecule is CCN(CC)c1ccc2c(C)c(CCN3C(=O)NC4(CCN(c5nccc6[nH]cnc56)C4)C3=O)c(=O)oc2c1. The molecule has 2 aliphatic rings. The molecule has 202 valence electrons. The maximum absolute atomic E-state index is 13.6. The summed E-state index contributed by atoms with van der Waals surface area (Å²) in [6, 6.07) is 7.29. The third-order valence-corrected chi connectivity index (χ3v) is 8.12. The number of carbonyl (C=O) groups excluding carboxylic acids is 2. The number of pyridine rings is 1. The summed E-state index contributed by atoms with van der Waals surface area (Å²) in [5.41, 5.74) is 2.93. The first kappa shape index (κ1) is 24.9. The van der Waals surface area contributed by atoms with E-state index in [-0.39, 0.29) is 18.9 Å². The molecule has 6 rings (SSSR count). The van der Waals surface area contributed by atoms with Crippen LogP contribution in [0.3, 0.4) is 0 Å². The molecule has 2 saturated heterocycles. The van der Waals surface area contributed by atoms with Crippen molar-refractivity contribution in [3.05, 3.63) is 58.3 Å². The van der Waals surface area contributed by atoms with Gasteiger partial charge in [-0.25, -0.2) is 19.6 Å². The fourth-order valence-corrected chi connectivity index (χ4v) is 5.91. The molecule has 0 aliphatic carbocycles. The van der Waals surface area contributed by atoms with E-state index in [1.54, 1.807) is 12.5 Å². The molecule has 2 fully saturated rings. The van der Waals surface area contributed by atoms with E-state index in [1.165, 1.54) is 4.90 Å². The summed E-state index contributed by atoms with van der Waals surface area (Å²) in [6.07, 6.45) is 3.99. The van der Waals surface area contributed by atoms with Crippen molar-refractivity contribution >= 4 is 45.4 Å². The van der Waals surface area contributed by atoms with Gasteiger partial charge in [0, 0.05) is 55.1 Å². The van der Waals surface area contributed by atoms with Crippen LogP contribution < -0.4 is 20.7 Å². The molecule has 2 aliphatic heterocycles. The van der Waals surface area contributed by atoms with E-state index < -0.39 is 17.2 Å². The predicted octanol–water partition coefficient (Wildman–Crippen LogP) is 2.96. The highest BCUT2D eigenvalue weighted by Crippen LogP contribution is 2.33. The Morgan fingerprint density at radius 1 is 1.13 bits per heavy atom. The predicted molar refractivity (Wildman–Crippen MR) is 148 cm³/mol. The van der Waals surface area contributed by atoms with Gasteiger partial charge in [-0.3, -0.25) is 9.69 Å². The van der Waals surface area contributed by atoms with Crippen molar-refractivity contribution in [3.63, 3.8) is 0 Å². The van der Waals surface area contributed by atoms with E-state index >= 15 is 0 Å². The number of amides is 3. The fourth-order valence-electron chi connectivity index (χ4n) is 5.91. The second kappa shape index (κ2) is 9.40.